The molecule has 0 aromatic carbocycles. The highest BCUT2D eigenvalue weighted by atomic mass is 32.1. The summed E-state index contributed by atoms with van der Waals surface area (Å²) < 4.78 is 5.38. The van der Waals surface area contributed by atoms with Gasteiger partial charge in [-0.1, -0.05) is 0 Å². The number of carbonyl (C=O) groups is 1. The lowest BCUT2D eigenvalue weighted by atomic mass is 10.3. The number of hydrogen-bond donors (Lipinski definition) is 1. The first-order valence-electron chi connectivity index (χ1n) is 7.81. The van der Waals surface area contributed by atoms with Gasteiger partial charge in [0.15, 0.2) is 5.13 Å². The van der Waals surface area contributed by atoms with Crippen molar-refractivity contribution in [3.05, 3.63) is 34.7 Å². The first-order valence-corrected chi connectivity index (χ1v) is 8.63. The monoisotopic (exact) mass is 334 g/mol. The average Bonchev–Trinajstić information content (AvgIpc) is 3.12. The molecule has 1 saturated heterocycles. The molecule has 0 saturated carbocycles. The van der Waals surface area contributed by atoms with Gasteiger partial charge >= 0.3 is 0 Å². The lowest BCUT2D eigenvalue weighted by Gasteiger charge is -2.33. The highest BCUT2D eigenvalue weighted by Gasteiger charge is 2.20. The summed E-state index contributed by atoms with van der Waals surface area (Å²) in [6.45, 7) is 8.92. The van der Waals surface area contributed by atoms with Crippen LogP contribution in [0.1, 0.15) is 16.3 Å². The van der Waals surface area contributed by atoms with E-state index in [-0.39, 0.29) is 5.91 Å². The first-order chi connectivity index (χ1) is 11.1. The second-order valence-electron chi connectivity index (χ2n) is 5.84. The molecule has 0 radical (unpaired) electrons. The van der Waals surface area contributed by atoms with Crippen molar-refractivity contribution >= 4 is 22.4 Å². The Hall–Kier alpha value is -1.70. The first kappa shape index (κ1) is 16.2. The van der Waals surface area contributed by atoms with Crippen LogP contribution in [-0.2, 0) is 11.3 Å². The predicted molar refractivity (Wildman–Crippen MR) is 90.6 cm³/mol. The minimum Gasteiger partial charge on any atom is -0.468 e. The fourth-order valence-electron chi connectivity index (χ4n) is 2.62. The molecular weight excluding hydrogens is 312 g/mol. The van der Waals surface area contributed by atoms with Crippen LogP contribution >= 0.6 is 11.3 Å². The third kappa shape index (κ3) is 4.40. The maximum absolute atomic E-state index is 12.1. The van der Waals surface area contributed by atoms with Gasteiger partial charge in [-0.25, -0.2) is 4.98 Å². The summed E-state index contributed by atoms with van der Waals surface area (Å²) in [5.74, 6) is 1.00. The van der Waals surface area contributed by atoms with Gasteiger partial charge in [0.25, 0.3) is 0 Å². The number of thiazole rings is 1. The van der Waals surface area contributed by atoms with Gasteiger partial charge in [0.05, 0.1) is 25.0 Å². The van der Waals surface area contributed by atoms with E-state index in [1.807, 2.05) is 26.0 Å². The Kier molecular flexibility index (Phi) is 5.09. The zero-order valence-corrected chi connectivity index (χ0v) is 14.4. The van der Waals surface area contributed by atoms with Crippen molar-refractivity contribution in [2.45, 2.75) is 20.4 Å². The molecule has 0 bridgehead atoms. The molecule has 23 heavy (non-hydrogen) atoms. The highest BCUT2D eigenvalue weighted by molar-refractivity contribution is 7.15. The molecule has 2 aromatic heterocycles. The van der Waals surface area contributed by atoms with Gasteiger partial charge in [0.2, 0.25) is 5.91 Å². The molecule has 2 aromatic rings. The summed E-state index contributed by atoms with van der Waals surface area (Å²) in [5.41, 5.74) is 0.983. The topological polar surface area (TPSA) is 61.6 Å². The number of nitrogens with one attached hydrogen (secondary N) is 1. The third-order valence-electron chi connectivity index (χ3n) is 4.07. The van der Waals surface area contributed by atoms with Crippen LogP contribution in [0.4, 0.5) is 5.13 Å². The number of furan rings is 1. The zero-order valence-electron chi connectivity index (χ0n) is 13.5. The van der Waals surface area contributed by atoms with Crippen LogP contribution in [0, 0.1) is 13.8 Å². The van der Waals surface area contributed by atoms with Gasteiger partial charge in [0.1, 0.15) is 5.76 Å². The van der Waals surface area contributed by atoms with Crippen molar-refractivity contribution in [1.29, 1.82) is 0 Å². The molecule has 3 rings (SSSR count). The second kappa shape index (κ2) is 7.25. The predicted octanol–water partition coefficient (Wildman–Crippen LogP) is 2.11. The minimum absolute atomic E-state index is 0.0123. The summed E-state index contributed by atoms with van der Waals surface area (Å²) in [6.07, 6.45) is 1.71. The van der Waals surface area contributed by atoms with E-state index in [9.17, 15) is 4.79 Å². The molecule has 0 atom stereocenters. The number of hydrogen-bond acceptors (Lipinski definition) is 6. The van der Waals surface area contributed by atoms with Crippen molar-refractivity contribution < 1.29 is 9.21 Å². The quantitative estimate of drug-likeness (QED) is 0.907. The van der Waals surface area contributed by atoms with E-state index >= 15 is 0 Å². The van der Waals surface area contributed by atoms with Crippen molar-refractivity contribution in [3.63, 3.8) is 0 Å². The number of nitrogens with zero attached hydrogens (tertiary/aromatic N) is 3. The van der Waals surface area contributed by atoms with E-state index in [1.54, 1.807) is 6.26 Å². The Labute approximate surface area is 140 Å². The Bertz CT molecular complexity index is 626. The van der Waals surface area contributed by atoms with Crippen molar-refractivity contribution in [3.8, 4) is 0 Å². The number of aryl methyl sites for hydroxylation is 2. The fraction of sp³-hybridized carbons (Fsp3) is 0.500. The molecule has 3 heterocycles. The molecule has 1 amide bonds. The summed E-state index contributed by atoms with van der Waals surface area (Å²) >= 11 is 1.53. The molecule has 6 nitrogen and oxygen atoms in total. The standard InChI is InChI=1S/C16H22N4O2S/c1-12-13(2)23-16(17-12)18-15(21)11-20-7-5-19(6-8-20)10-14-4-3-9-22-14/h3-4,9H,5-8,10-11H2,1-2H3,(H,17,18,21). The number of aromatic nitrogens is 1. The van der Waals surface area contributed by atoms with Crippen LogP contribution in [0.5, 0.6) is 0 Å². The number of anilines is 1. The van der Waals surface area contributed by atoms with E-state index in [1.165, 1.54) is 11.3 Å². The largest absolute Gasteiger partial charge is 0.468 e. The maximum Gasteiger partial charge on any atom is 0.240 e. The maximum atomic E-state index is 12.1. The lowest BCUT2D eigenvalue weighted by molar-refractivity contribution is -0.117. The van der Waals surface area contributed by atoms with Gasteiger partial charge in [-0.2, -0.15) is 0 Å². The molecule has 1 fully saturated rings. The van der Waals surface area contributed by atoms with Gasteiger partial charge in [-0.3, -0.25) is 14.6 Å². The van der Waals surface area contributed by atoms with Crippen LogP contribution < -0.4 is 5.32 Å². The van der Waals surface area contributed by atoms with Gasteiger partial charge in [0, 0.05) is 31.1 Å². The van der Waals surface area contributed by atoms with E-state index < -0.39 is 0 Å². The SMILES string of the molecule is Cc1nc(NC(=O)CN2CCN(Cc3ccco3)CC2)sc1C. The Morgan fingerprint density at radius 1 is 1.30 bits per heavy atom. The van der Waals surface area contributed by atoms with Gasteiger partial charge < -0.3 is 9.73 Å². The van der Waals surface area contributed by atoms with Gasteiger partial charge in [-0.05, 0) is 26.0 Å². The van der Waals surface area contributed by atoms with Gasteiger partial charge in [-0.15, -0.1) is 11.3 Å². The summed E-state index contributed by atoms with van der Waals surface area (Å²) in [7, 11) is 0. The highest BCUT2D eigenvalue weighted by Crippen LogP contribution is 2.21. The molecule has 1 aliphatic rings. The molecule has 7 heteroatoms. The number of rotatable bonds is 5. The second-order valence-corrected chi connectivity index (χ2v) is 7.04. The average molecular weight is 334 g/mol. The smallest absolute Gasteiger partial charge is 0.240 e. The van der Waals surface area contributed by atoms with Crippen LogP contribution in [0.3, 0.4) is 0 Å². The lowest BCUT2D eigenvalue weighted by Crippen LogP contribution is -2.48. The Balaban J connectivity index is 1.42. The van der Waals surface area contributed by atoms with E-state index in [0.29, 0.717) is 11.7 Å². The van der Waals surface area contributed by atoms with Crippen LogP contribution in [0.15, 0.2) is 22.8 Å². The molecule has 1 aliphatic heterocycles. The molecule has 0 spiro atoms. The molecule has 0 unspecified atom stereocenters. The van der Waals surface area contributed by atoms with Crippen LogP contribution in [-0.4, -0.2) is 53.4 Å². The number of piperazine rings is 1. The summed E-state index contributed by atoms with van der Waals surface area (Å²) in [5, 5.41) is 3.59. The third-order valence-corrected chi connectivity index (χ3v) is 5.05. The van der Waals surface area contributed by atoms with E-state index in [2.05, 4.69) is 20.1 Å². The fourth-order valence-corrected chi connectivity index (χ4v) is 3.45. The number of carbonyl (C=O) groups excluding carboxylic acids is 1. The van der Waals surface area contributed by atoms with Crippen molar-refractivity contribution in [2.24, 2.45) is 0 Å². The summed E-state index contributed by atoms with van der Waals surface area (Å²) in [4.78, 5) is 22.1. The zero-order chi connectivity index (χ0) is 16.2. The van der Waals surface area contributed by atoms with Crippen LogP contribution in [0.2, 0.25) is 0 Å². The van der Waals surface area contributed by atoms with E-state index in [0.717, 1.165) is 49.1 Å². The Morgan fingerprint density at radius 3 is 2.65 bits per heavy atom. The summed E-state index contributed by atoms with van der Waals surface area (Å²) in [6, 6.07) is 3.91. The molecule has 0 aliphatic carbocycles. The van der Waals surface area contributed by atoms with Crippen LogP contribution in [0.25, 0.3) is 0 Å². The number of amides is 1. The van der Waals surface area contributed by atoms with Crippen molar-refractivity contribution in [1.82, 2.24) is 14.8 Å². The Morgan fingerprint density at radius 2 is 2.04 bits per heavy atom. The van der Waals surface area contributed by atoms with Crippen molar-refractivity contribution in [2.75, 3.05) is 38.0 Å². The minimum atomic E-state index is 0.0123. The normalized spacial score (nSPS) is 16.6. The molecule has 124 valence electrons. The molecule has 1 N–H and O–H groups in total. The molecular formula is C16H22N4O2S. The van der Waals surface area contributed by atoms with E-state index in [4.69, 9.17) is 4.42 Å².